The van der Waals surface area contributed by atoms with Gasteiger partial charge in [-0.3, -0.25) is 4.79 Å². The molecule has 0 saturated heterocycles. The van der Waals surface area contributed by atoms with Crippen LogP contribution < -0.4 is 11.1 Å². The van der Waals surface area contributed by atoms with Crippen LogP contribution >= 0.6 is 0 Å². The van der Waals surface area contributed by atoms with Crippen LogP contribution in [0.25, 0.3) is 0 Å². The molecule has 2 bridgehead atoms. The Balaban J connectivity index is 1.56. The van der Waals surface area contributed by atoms with Crippen LogP contribution in [0.4, 0.5) is 0 Å². The van der Waals surface area contributed by atoms with Gasteiger partial charge in [0.1, 0.15) is 0 Å². The highest BCUT2D eigenvalue weighted by atomic mass is 16.2. The number of rotatable bonds is 3. The molecule has 0 aromatic carbocycles. The van der Waals surface area contributed by atoms with Crippen molar-refractivity contribution in [2.24, 2.45) is 23.5 Å². The van der Waals surface area contributed by atoms with Crippen LogP contribution in [0.5, 0.6) is 0 Å². The molecule has 6 unspecified atom stereocenters. The maximum atomic E-state index is 12.6. The molecule has 0 aliphatic heterocycles. The van der Waals surface area contributed by atoms with E-state index < -0.39 is 0 Å². The lowest BCUT2D eigenvalue weighted by atomic mass is 9.83. The van der Waals surface area contributed by atoms with E-state index in [1.165, 1.54) is 32.1 Å². The first kappa shape index (κ1) is 14.3. The molecule has 0 aromatic heterocycles. The van der Waals surface area contributed by atoms with Crippen molar-refractivity contribution < 1.29 is 4.79 Å². The normalized spacial score (nSPS) is 44.0. The van der Waals surface area contributed by atoms with Crippen LogP contribution in [0.15, 0.2) is 0 Å². The number of fused-ring (bicyclic) bond motifs is 2. The average Bonchev–Trinajstić information content (AvgIpc) is 2.99. The number of nitrogens with one attached hydrogen (secondary N) is 1. The lowest BCUT2D eigenvalue weighted by molar-refractivity contribution is -0.128. The average molecular weight is 279 g/mol. The van der Waals surface area contributed by atoms with Gasteiger partial charge in [0, 0.05) is 18.1 Å². The first-order chi connectivity index (χ1) is 9.56. The molecular weight excluding hydrogens is 250 g/mol. The van der Waals surface area contributed by atoms with Gasteiger partial charge in [-0.15, -0.1) is 0 Å². The van der Waals surface area contributed by atoms with Crippen LogP contribution in [0.2, 0.25) is 0 Å². The molecule has 0 aromatic rings. The summed E-state index contributed by atoms with van der Waals surface area (Å²) in [4.78, 5) is 14.9. The van der Waals surface area contributed by atoms with E-state index in [1.807, 2.05) is 0 Å². The molecule has 0 radical (unpaired) electrons. The SMILES string of the molecule is CN(C)C1CCCC(NC(=O)C2C3CCC(C3)C2N)C1. The van der Waals surface area contributed by atoms with Crippen molar-refractivity contribution in [1.82, 2.24) is 10.2 Å². The summed E-state index contributed by atoms with van der Waals surface area (Å²) in [5.41, 5.74) is 6.28. The number of hydrogen-bond donors (Lipinski definition) is 2. The summed E-state index contributed by atoms with van der Waals surface area (Å²) in [5, 5.41) is 3.32. The standard InChI is InChI=1S/C16H29N3O/c1-19(2)13-5-3-4-12(9-13)18-16(20)14-10-6-7-11(8-10)15(14)17/h10-15H,3-9,17H2,1-2H3,(H,18,20). The molecule has 3 aliphatic carbocycles. The summed E-state index contributed by atoms with van der Waals surface area (Å²) in [7, 11) is 4.28. The van der Waals surface area contributed by atoms with Gasteiger partial charge in [0.15, 0.2) is 0 Å². The maximum absolute atomic E-state index is 12.6. The Bertz CT molecular complexity index is 369. The third kappa shape index (κ3) is 2.60. The Labute approximate surface area is 122 Å². The Morgan fingerprint density at radius 3 is 2.50 bits per heavy atom. The molecule has 0 heterocycles. The predicted molar refractivity (Wildman–Crippen MR) is 80.2 cm³/mol. The highest BCUT2D eigenvalue weighted by Crippen LogP contribution is 2.47. The quantitative estimate of drug-likeness (QED) is 0.820. The molecule has 3 fully saturated rings. The van der Waals surface area contributed by atoms with Gasteiger partial charge >= 0.3 is 0 Å². The fraction of sp³-hybridized carbons (Fsp3) is 0.938. The van der Waals surface area contributed by atoms with Crippen LogP contribution in [0.1, 0.15) is 44.9 Å². The summed E-state index contributed by atoms with van der Waals surface area (Å²) >= 11 is 0. The van der Waals surface area contributed by atoms with Crippen LogP contribution in [0.3, 0.4) is 0 Å². The van der Waals surface area contributed by atoms with Crippen molar-refractivity contribution in [2.45, 2.75) is 63.1 Å². The van der Waals surface area contributed by atoms with Crippen molar-refractivity contribution in [3.8, 4) is 0 Å². The van der Waals surface area contributed by atoms with E-state index >= 15 is 0 Å². The molecule has 4 nitrogen and oxygen atoms in total. The topological polar surface area (TPSA) is 58.4 Å². The predicted octanol–water partition coefficient (Wildman–Crippen LogP) is 1.35. The Hall–Kier alpha value is -0.610. The summed E-state index contributed by atoms with van der Waals surface area (Å²) in [6, 6.07) is 1.08. The minimum atomic E-state index is 0.0912. The Morgan fingerprint density at radius 1 is 1.10 bits per heavy atom. The van der Waals surface area contributed by atoms with Gasteiger partial charge in [-0.05, 0) is 70.9 Å². The van der Waals surface area contributed by atoms with Gasteiger partial charge in [0.2, 0.25) is 5.91 Å². The first-order valence-corrected chi connectivity index (χ1v) is 8.28. The van der Waals surface area contributed by atoms with Crippen molar-refractivity contribution in [2.75, 3.05) is 14.1 Å². The van der Waals surface area contributed by atoms with Crippen LogP contribution in [-0.2, 0) is 4.79 Å². The van der Waals surface area contributed by atoms with Gasteiger partial charge in [0.05, 0.1) is 5.92 Å². The zero-order valence-corrected chi connectivity index (χ0v) is 12.8. The second-order valence-corrected chi connectivity index (χ2v) is 7.43. The van der Waals surface area contributed by atoms with Gasteiger partial charge in [-0.1, -0.05) is 0 Å². The van der Waals surface area contributed by atoms with Crippen LogP contribution in [-0.4, -0.2) is 43.0 Å². The largest absolute Gasteiger partial charge is 0.353 e. The zero-order valence-electron chi connectivity index (χ0n) is 12.8. The monoisotopic (exact) mass is 279 g/mol. The van der Waals surface area contributed by atoms with Crippen LogP contribution in [0, 0.1) is 17.8 Å². The first-order valence-electron chi connectivity index (χ1n) is 8.28. The van der Waals surface area contributed by atoms with Crippen molar-refractivity contribution in [3.05, 3.63) is 0 Å². The number of nitrogens with zero attached hydrogens (tertiary/aromatic N) is 1. The maximum Gasteiger partial charge on any atom is 0.225 e. The molecule has 3 rings (SSSR count). The highest BCUT2D eigenvalue weighted by molar-refractivity contribution is 5.80. The highest BCUT2D eigenvalue weighted by Gasteiger charge is 2.49. The molecule has 0 spiro atoms. The summed E-state index contributed by atoms with van der Waals surface area (Å²) in [6.07, 6.45) is 8.33. The summed E-state index contributed by atoms with van der Waals surface area (Å²) < 4.78 is 0. The molecular formula is C16H29N3O. The van der Waals surface area contributed by atoms with E-state index in [-0.39, 0.29) is 17.9 Å². The fourth-order valence-corrected chi connectivity index (χ4v) is 4.79. The van der Waals surface area contributed by atoms with Gasteiger partial charge in [-0.25, -0.2) is 0 Å². The molecule has 114 valence electrons. The Morgan fingerprint density at radius 2 is 1.85 bits per heavy atom. The third-order valence-corrected chi connectivity index (χ3v) is 6.01. The minimum absolute atomic E-state index is 0.0912. The van der Waals surface area contributed by atoms with Crippen molar-refractivity contribution in [1.29, 1.82) is 0 Å². The number of carbonyl (C=O) groups is 1. The molecule has 3 aliphatic rings. The van der Waals surface area contributed by atoms with Crippen molar-refractivity contribution in [3.63, 3.8) is 0 Å². The van der Waals surface area contributed by atoms with E-state index in [2.05, 4.69) is 24.3 Å². The van der Waals surface area contributed by atoms with E-state index in [1.54, 1.807) is 0 Å². The smallest absolute Gasteiger partial charge is 0.225 e. The summed E-state index contributed by atoms with van der Waals surface area (Å²) in [6.45, 7) is 0. The van der Waals surface area contributed by atoms with E-state index in [9.17, 15) is 4.79 Å². The van der Waals surface area contributed by atoms with E-state index in [0.29, 0.717) is 23.9 Å². The number of hydrogen-bond acceptors (Lipinski definition) is 3. The molecule has 1 amide bonds. The molecule has 20 heavy (non-hydrogen) atoms. The van der Waals surface area contributed by atoms with Gasteiger partial charge in [0.25, 0.3) is 0 Å². The zero-order chi connectivity index (χ0) is 14.3. The number of carbonyl (C=O) groups excluding carboxylic acids is 1. The minimum Gasteiger partial charge on any atom is -0.353 e. The lowest BCUT2D eigenvalue weighted by Gasteiger charge is -2.35. The van der Waals surface area contributed by atoms with Gasteiger partial charge in [-0.2, -0.15) is 0 Å². The molecule has 4 heteroatoms. The van der Waals surface area contributed by atoms with Crippen molar-refractivity contribution >= 4 is 5.91 Å². The summed E-state index contributed by atoms with van der Waals surface area (Å²) in [5.74, 6) is 1.50. The number of nitrogens with two attached hydrogens (primary N) is 1. The fourth-order valence-electron chi connectivity index (χ4n) is 4.79. The van der Waals surface area contributed by atoms with E-state index in [4.69, 9.17) is 5.73 Å². The molecule has 6 atom stereocenters. The Kier molecular flexibility index (Phi) is 4.04. The molecule has 3 N–H and O–H groups in total. The van der Waals surface area contributed by atoms with E-state index in [0.717, 1.165) is 12.8 Å². The lowest BCUT2D eigenvalue weighted by Crippen LogP contribution is -2.50. The molecule has 3 saturated carbocycles. The second kappa shape index (κ2) is 5.64. The third-order valence-electron chi connectivity index (χ3n) is 6.01. The number of amides is 1. The second-order valence-electron chi connectivity index (χ2n) is 7.43. The van der Waals surface area contributed by atoms with Gasteiger partial charge < -0.3 is 16.0 Å².